The van der Waals surface area contributed by atoms with Gasteiger partial charge in [-0.25, -0.2) is 4.39 Å². The smallest absolute Gasteiger partial charge is 0.274 e. The maximum atomic E-state index is 13.9. The van der Waals surface area contributed by atoms with Gasteiger partial charge in [-0.15, -0.1) is 0 Å². The van der Waals surface area contributed by atoms with Crippen molar-refractivity contribution in [1.82, 2.24) is 19.6 Å². The Morgan fingerprint density at radius 3 is 2.78 bits per heavy atom. The third kappa shape index (κ3) is 3.50. The highest BCUT2D eigenvalue weighted by Crippen LogP contribution is 2.39. The number of hydrogen-bond donors (Lipinski definition) is 0. The quantitative estimate of drug-likeness (QED) is 0.816. The van der Waals surface area contributed by atoms with Crippen molar-refractivity contribution in [2.45, 2.75) is 43.7 Å². The predicted molar refractivity (Wildman–Crippen MR) is 102 cm³/mol. The van der Waals surface area contributed by atoms with Crippen molar-refractivity contribution in [2.75, 3.05) is 20.1 Å². The van der Waals surface area contributed by atoms with Gasteiger partial charge < -0.3 is 9.80 Å². The molecule has 2 fully saturated rings. The highest BCUT2D eigenvalue weighted by Gasteiger charge is 2.46. The van der Waals surface area contributed by atoms with Crippen LogP contribution in [0.1, 0.15) is 47.7 Å². The Morgan fingerprint density at radius 1 is 1.19 bits per heavy atom. The first-order valence-electron chi connectivity index (χ1n) is 9.81. The minimum atomic E-state index is -0.216. The van der Waals surface area contributed by atoms with E-state index in [1.54, 1.807) is 29.1 Å². The topological polar surface area (TPSA) is 41.4 Å². The molecule has 0 saturated carbocycles. The number of carbonyl (C=O) groups is 1. The van der Waals surface area contributed by atoms with Crippen molar-refractivity contribution in [3.8, 4) is 0 Å². The first-order chi connectivity index (χ1) is 13.0. The molecular formula is C21H27FN4O. The van der Waals surface area contributed by atoms with Crippen LogP contribution in [0, 0.1) is 5.82 Å². The van der Waals surface area contributed by atoms with Gasteiger partial charge >= 0.3 is 0 Å². The van der Waals surface area contributed by atoms with E-state index < -0.39 is 0 Å². The number of aromatic nitrogens is 2. The number of likely N-dealkylation sites (tertiary alicyclic amines) is 2. The summed E-state index contributed by atoms with van der Waals surface area (Å²) in [6, 6.07) is 9.00. The monoisotopic (exact) mass is 370 g/mol. The Labute approximate surface area is 159 Å². The SMILES string of the molecule is CN1C[C@@H](c2cccc(F)c2)[C@H]2[C@H]1CCCCCN2C(=O)c1ccn(C)n1. The average molecular weight is 370 g/mol. The molecule has 1 aromatic carbocycles. The lowest BCUT2D eigenvalue weighted by atomic mass is 9.86. The number of amides is 1. The zero-order valence-corrected chi connectivity index (χ0v) is 16.0. The lowest BCUT2D eigenvalue weighted by Gasteiger charge is -2.38. The number of fused-ring (bicyclic) bond motifs is 1. The molecule has 3 atom stereocenters. The number of aryl methyl sites for hydroxylation is 1. The molecule has 0 bridgehead atoms. The van der Waals surface area contributed by atoms with Gasteiger partial charge in [0.2, 0.25) is 0 Å². The molecule has 2 aliphatic rings. The Kier molecular flexibility index (Phi) is 5.00. The number of nitrogens with zero attached hydrogens (tertiary/aromatic N) is 4. The van der Waals surface area contributed by atoms with Crippen molar-refractivity contribution >= 4 is 5.91 Å². The summed E-state index contributed by atoms with van der Waals surface area (Å²) in [5, 5.41) is 4.34. The lowest BCUT2D eigenvalue weighted by molar-refractivity contribution is 0.0580. The Morgan fingerprint density at radius 2 is 2.04 bits per heavy atom. The summed E-state index contributed by atoms with van der Waals surface area (Å²) in [6.45, 7) is 1.57. The molecule has 144 valence electrons. The first kappa shape index (κ1) is 18.2. The van der Waals surface area contributed by atoms with Crippen molar-refractivity contribution in [3.05, 3.63) is 53.6 Å². The van der Waals surface area contributed by atoms with Crippen molar-refractivity contribution in [3.63, 3.8) is 0 Å². The molecule has 2 aliphatic heterocycles. The largest absolute Gasteiger partial charge is 0.332 e. The Hall–Kier alpha value is -2.21. The van der Waals surface area contributed by atoms with Crippen LogP contribution in [0.2, 0.25) is 0 Å². The van der Waals surface area contributed by atoms with E-state index in [0.717, 1.165) is 37.9 Å². The standard InChI is InChI=1S/C21H27FN4O/c1-24-14-17(15-7-6-8-16(22)13-15)20-19(24)9-4-3-5-11-26(20)21(27)18-10-12-25(2)23-18/h6-8,10,12-13,17,19-20H,3-5,9,11,14H2,1-2H3/t17-,19+,20-/m0/s1. The molecule has 2 aromatic rings. The summed E-state index contributed by atoms with van der Waals surface area (Å²) >= 11 is 0. The lowest BCUT2D eigenvalue weighted by Crippen LogP contribution is -2.50. The molecule has 0 radical (unpaired) electrons. The van der Waals surface area contributed by atoms with E-state index in [-0.39, 0.29) is 23.7 Å². The molecule has 0 aliphatic carbocycles. The zero-order chi connectivity index (χ0) is 19.0. The van der Waals surface area contributed by atoms with Gasteiger partial charge in [0.1, 0.15) is 11.5 Å². The number of likely N-dealkylation sites (N-methyl/N-ethyl adjacent to an activating group) is 1. The van der Waals surface area contributed by atoms with Crippen LogP contribution < -0.4 is 0 Å². The minimum absolute atomic E-state index is 0.01000. The second-order valence-electron chi connectivity index (χ2n) is 7.88. The normalized spacial score (nSPS) is 26.5. The highest BCUT2D eigenvalue weighted by molar-refractivity contribution is 5.92. The molecule has 1 aromatic heterocycles. The third-order valence-corrected chi connectivity index (χ3v) is 6.09. The van der Waals surface area contributed by atoms with Gasteiger partial charge in [0.25, 0.3) is 5.91 Å². The van der Waals surface area contributed by atoms with Crippen LogP contribution in [-0.2, 0) is 7.05 Å². The molecule has 3 heterocycles. The summed E-state index contributed by atoms with van der Waals surface area (Å²) in [7, 11) is 3.95. The maximum absolute atomic E-state index is 13.9. The molecule has 0 N–H and O–H groups in total. The van der Waals surface area contributed by atoms with Gasteiger partial charge in [-0.2, -0.15) is 5.10 Å². The fraction of sp³-hybridized carbons (Fsp3) is 0.524. The summed E-state index contributed by atoms with van der Waals surface area (Å²) in [4.78, 5) is 17.7. The van der Waals surface area contributed by atoms with Crippen LogP contribution in [0.25, 0.3) is 0 Å². The van der Waals surface area contributed by atoms with Gasteiger partial charge in [0, 0.05) is 38.3 Å². The fourth-order valence-electron chi connectivity index (χ4n) is 4.81. The van der Waals surface area contributed by atoms with Crippen LogP contribution in [-0.4, -0.2) is 57.7 Å². The molecule has 27 heavy (non-hydrogen) atoms. The number of rotatable bonds is 2. The van der Waals surface area contributed by atoms with E-state index in [4.69, 9.17) is 0 Å². The van der Waals surface area contributed by atoms with E-state index >= 15 is 0 Å². The van der Waals surface area contributed by atoms with Crippen molar-refractivity contribution < 1.29 is 9.18 Å². The molecule has 5 nitrogen and oxygen atoms in total. The van der Waals surface area contributed by atoms with E-state index in [9.17, 15) is 9.18 Å². The van der Waals surface area contributed by atoms with E-state index in [1.807, 2.05) is 18.0 Å². The van der Waals surface area contributed by atoms with Gasteiger partial charge in [0.15, 0.2) is 0 Å². The van der Waals surface area contributed by atoms with E-state index in [2.05, 4.69) is 17.0 Å². The van der Waals surface area contributed by atoms with Crippen LogP contribution in [0.3, 0.4) is 0 Å². The first-order valence-corrected chi connectivity index (χ1v) is 9.81. The highest BCUT2D eigenvalue weighted by atomic mass is 19.1. The second kappa shape index (κ2) is 7.43. The predicted octanol–water partition coefficient (Wildman–Crippen LogP) is 3.04. The van der Waals surface area contributed by atoms with Gasteiger partial charge in [-0.05, 0) is 43.7 Å². The second-order valence-corrected chi connectivity index (χ2v) is 7.88. The Bertz CT molecular complexity index is 820. The van der Waals surface area contributed by atoms with Gasteiger partial charge in [-0.1, -0.05) is 25.0 Å². The van der Waals surface area contributed by atoms with Crippen LogP contribution in [0.5, 0.6) is 0 Å². The van der Waals surface area contributed by atoms with Crippen LogP contribution >= 0.6 is 0 Å². The zero-order valence-electron chi connectivity index (χ0n) is 16.0. The van der Waals surface area contributed by atoms with Crippen LogP contribution in [0.4, 0.5) is 4.39 Å². The number of hydrogen-bond acceptors (Lipinski definition) is 3. The van der Waals surface area contributed by atoms with E-state index in [1.165, 1.54) is 12.5 Å². The summed E-state index contributed by atoms with van der Waals surface area (Å²) < 4.78 is 15.6. The number of benzene rings is 1. The maximum Gasteiger partial charge on any atom is 0.274 e. The van der Waals surface area contributed by atoms with Crippen molar-refractivity contribution in [2.24, 2.45) is 7.05 Å². The van der Waals surface area contributed by atoms with Gasteiger partial charge in [0.05, 0.1) is 6.04 Å². The Balaban J connectivity index is 1.72. The summed E-state index contributed by atoms with van der Waals surface area (Å²) in [5.74, 6) is -0.113. The summed E-state index contributed by atoms with van der Waals surface area (Å²) in [6.07, 6.45) is 6.18. The molecule has 2 saturated heterocycles. The van der Waals surface area contributed by atoms with Crippen LogP contribution in [0.15, 0.2) is 36.5 Å². The molecule has 6 heteroatoms. The average Bonchev–Trinajstić information content (AvgIpc) is 3.18. The van der Waals surface area contributed by atoms with E-state index in [0.29, 0.717) is 11.7 Å². The summed E-state index contributed by atoms with van der Waals surface area (Å²) in [5.41, 5.74) is 1.47. The molecule has 0 spiro atoms. The molecular weight excluding hydrogens is 343 g/mol. The number of carbonyl (C=O) groups excluding carboxylic acids is 1. The molecule has 0 unspecified atom stereocenters. The fourth-order valence-corrected chi connectivity index (χ4v) is 4.81. The van der Waals surface area contributed by atoms with Crippen molar-refractivity contribution in [1.29, 1.82) is 0 Å². The minimum Gasteiger partial charge on any atom is -0.332 e. The molecule has 4 rings (SSSR count). The van der Waals surface area contributed by atoms with Gasteiger partial charge in [-0.3, -0.25) is 9.48 Å². The third-order valence-electron chi connectivity index (χ3n) is 6.09. The number of halogens is 1. The molecule has 1 amide bonds.